The van der Waals surface area contributed by atoms with Crippen molar-refractivity contribution in [3.05, 3.63) is 39.4 Å². The number of piperidine rings is 1. The number of aromatic carboxylic acids is 1. The van der Waals surface area contributed by atoms with Gasteiger partial charge in [-0.15, -0.1) is 0 Å². The van der Waals surface area contributed by atoms with Gasteiger partial charge < -0.3 is 24.8 Å². The molecule has 1 fully saturated rings. The zero-order valence-electron chi connectivity index (χ0n) is 14.9. The van der Waals surface area contributed by atoms with E-state index in [0.717, 1.165) is 12.3 Å². The Morgan fingerprint density at radius 1 is 1.33 bits per heavy atom. The van der Waals surface area contributed by atoms with E-state index in [1.807, 2.05) is 4.90 Å². The number of carbonyl (C=O) groups is 1. The number of aryl methyl sites for hydroxylation is 1. The summed E-state index contributed by atoms with van der Waals surface area (Å²) in [6.45, 7) is 2.53. The topological polar surface area (TPSA) is 103 Å². The molecule has 2 aliphatic rings. The van der Waals surface area contributed by atoms with Gasteiger partial charge in [-0.05, 0) is 38.7 Å². The molecular weight excluding hydrogens is 355 g/mol. The molecular formula is C19H21FN2O5. The maximum Gasteiger partial charge on any atom is 0.341 e. The molecule has 0 spiro atoms. The molecule has 3 heterocycles. The number of pyridine rings is 1. The minimum absolute atomic E-state index is 0.0387. The van der Waals surface area contributed by atoms with Gasteiger partial charge in [-0.1, -0.05) is 0 Å². The van der Waals surface area contributed by atoms with Crippen molar-refractivity contribution in [3.8, 4) is 0 Å². The fourth-order valence-electron chi connectivity index (χ4n) is 4.21. The number of nitrogens with zero attached hydrogens (tertiary/aromatic N) is 2. The van der Waals surface area contributed by atoms with Crippen LogP contribution in [0, 0.1) is 5.82 Å². The van der Waals surface area contributed by atoms with Crippen LogP contribution in [0.5, 0.6) is 0 Å². The molecule has 27 heavy (non-hydrogen) atoms. The van der Waals surface area contributed by atoms with E-state index in [4.69, 9.17) is 0 Å². The first-order valence-electron chi connectivity index (χ1n) is 9.00. The van der Waals surface area contributed by atoms with Crippen molar-refractivity contribution >= 4 is 22.6 Å². The largest absolute Gasteiger partial charge is 0.477 e. The van der Waals surface area contributed by atoms with E-state index in [9.17, 15) is 24.9 Å². The summed E-state index contributed by atoms with van der Waals surface area (Å²) >= 11 is 0. The number of hydrogen-bond acceptors (Lipinski definition) is 5. The van der Waals surface area contributed by atoms with Gasteiger partial charge in [-0.3, -0.25) is 4.79 Å². The van der Waals surface area contributed by atoms with Gasteiger partial charge in [-0.25, -0.2) is 9.18 Å². The first-order chi connectivity index (χ1) is 12.7. The van der Waals surface area contributed by atoms with Gasteiger partial charge in [0.1, 0.15) is 17.1 Å². The third-order valence-electron chi connectivity index (χ3n) is 5.69. The van der Waals surface area contributed by atoms with E-state index in [1.54, 1.807) is 6.92 Å². The first-order valence-corrected chi connectivity index (χ1v) is 9.00. The van der Waals surface area contributed by atoms with Gasteiger partial charge in [-0.2, -0.15) is 0 Å². The maximum atomic E-state index is 15.0. The molecule has 4 rings (SSSR count). The molecule has 1 unspecified atom stereocenters. The van der Waals surface area contributed by atoms with Gasteiger partial charge in [0.05, 0.1) is 17.3 Å². The van der Waals surface area contributed by atoms with Crippen LogP contribution in [-0.4, -0.2) is 45.0 Å². The van der Waals surface area contributed by atoms with Crippen molar-refractivity contribution in [1.82, 2.24) is 4.57 Å². The Kier molecular flexibility index (Phi) is 4.01. The molecule has 144 valence electrons. The molecule has 1 saturated heterocycles. The van der Waals surface area contributed by atoms with E-state index in [0.29, 0.717) is 49.1 Å². The smallest absolute Gasteiger partial charge is 0.341 e. The molecule has 3 N–H and O–H groups in total. The fraction of sp³-hybridized carbons (Fsp3) is 0.474. The number of halogens is 1. The number of anilines is 1. The summed E-state index contributed by atoms with van der Waals surface area (Å²) in [5, 5.41) is 29.8. The summed E-state index contributed by atoms with van der Waals surface area (Å²) in [4.78, 5) is 25.9. The van der Waals surface area contributed by atoms with Crippen LogP contribution in [0.15, 0.2) is 17.1 Å². The average Bonchev–Trinajstić information content (AvgIpc) is 2.60. The summed E-state index contributed by atoms with van der Waals surface area (Å²) in [7, 11) is 0. The van der Waals surface area contributed by atoms with Gasteiger partial charge in [0, 0.05) is 30.2 Å². The predicted octanol–water partition coefficient (Wildman–Crippen LogP) is 1.41. The zero-order valence-corrected chi connectivity index (χ0v) is 14.9. The molecule has 2 aromatic rings. The van der Waals surface area contributed by atoms with Crippen molar-refractivity contribution in [2.24, 2.45) is 0 Å². The Balaban J connectivity index is 2.04. The lowest BCUT2D eigenvalue weighted by atomic mass is 9.91. The van der Waals surface area contributed by atoms with Crippen molar-refractivity contribution in [2.45, 2.75) is 44.4 Å². The highest BCUT2D eigenvalue weighted by atomic mass is 19.1. The number of rotatable bonds is 2. The lowest BCUT2D eigenvalue weighted by Gasteiger charge is -2.38. The van der Waals surface area contributed by atoms with Gasteiger partial charge >= 0.3 is 5.97 Å². The standard InChI is InChI=1S/C19H21FN2O5/c1-19(27)5-2-11-15-12(17(24)13(18(25)26)9-22(15)19)8-14(20)16(11)21-6-3-10(23)4-7-21/h8-10,23,27H,2-7H2,1H3,(H,25,26). The number of hydrogen-bond donors (Lipinski definition) is 3. The molecule has 0 aliphatic carbocycles. The second-order valence-corrected chi connectivity index (χ2v) is 7.56. The fourth-order valence-corrected chi connectivity index (χ4v) is 4.21. The Morgan fingerprint density at radius 3 is 2.63 bits per heavy atom. The molecule has 0 saturated carbocycles. The average molecular weight is 376 g/mol. The maximum absolute atomic E-state index is 15.0. The van der Waals surface area contributed by atoms with Crippen molar-refractivity contribution in [2.75, 3.05) is 18.0 Å². The normalized spacial score (nSPS) is 23.0. The van der Waals surface area contributed by atoms with Gasteiger partial charge in [0.15, 0.2) is 0 Å². The number of aromatic nitrogens is 1. The van der Waals surface area contributed by atoms with Crippen LogP contribution in [0.1, 0.15) is 42.1 Å². The molecule has 0 bridgehead atoms. The highest BCUT2D eigenvalue weighted by molar-refractivity contribution is 5.95. The number of aliphatic hydroxyl groups excluding tert-OH is 1. The van der Waals surface area contributed by atoms with Crippen molar-refractivity contribution in [1.29, 1.82) is 0 Å². The lowest BCUT2D eigenvalue weighted by molar-refractivity contribution is -0.0266. The van der Waals surface area contributed by atoms with E-state index in [-0.39, 0.29) is 11.8 Å². The molecule has 2 aliphatic heterocycles. The predicted molar refractivity (Wildman–Crippen MR) is 96.8 cm³/mol. The molecule has 1 aromatic heterocycles. The zero-order chi connectivity index (χ0) is 19.5. The first kappa shape index (κ1) is 17.9. The van der Waals surface area contributed by atoms with Gasteiger partial charge in [0.2, 0.25) is 5.43 Å². The third kappa shape index (κ3) is 2.71. The molecule has 1 atom stereocenters. The Hall–Kier alpha value is -2.45. The van der Waals surface area contributed by atoms with E-state index in [2.05, 4.69) is 0 Å². The molecule has 7 nitrogen and oxygen atoms in total. The van der Waals surface area contributed by atoms with E-state index in [1.165, 1.54) is 4.57 Å². The summed E-state index contributed by atoms with van der Waals surface area (Å²) in [6, 6.07) is 1.08. The molecule has 8 heteroatoms. The summed E-state index contributed by atoms with van der Waals surface area (Å²) < 4.78 is 16.4. The summed E-state index contributed by atoms with van der Waals surface area (Å²) in [5.74, 6) is -2.00. The number of carboxylic acids is 1. The Morgan fingerprint density at radius 2 is 2.00 bits per heavy atom. The van der Waals surface area contributed by atoms with Crippen LogP contribution in [0.25, 0.3) is 10.9 Å². The minimum Gasteiger partial charge on any atom is -0.477 e. The summed E-state index contributed by atoms with van der Waals surface area (Å²) in [6.07, 6.45) is 2.43. The van der Waals surface area contributed by atoms with Crippen LogP contribution in [0.3, 0.4) is 0 Å². The second kappa shape index (κ2) is 6.03. The van der Waals surface area contributed by atoms with E-state index >= 15 is 4.39 Å². The summed E-state index contributed by atoms with van der Waals surface area (Å²) in [5.41, 5.74) is -1.28. The van der Waals surface area contributed by atoms with Crippen LogP contribution in [0.2, 0.25) is 0 Å². The van der Waals surface area contributed by atoms with Crippen LogP contribution < -0.4 is 10.3 Å². The minimum atomic E-state index is -1.41. The number of carboxylic acid groups (broad SMARTS) is 1. The molecule has 1 aromatic carbocycles. The number of aliphatic hydroxyl groups is 2. The van der Waals surface area contributed by atoms with Crippen LogP contribution in [0.4, 0.5) is 10.1 Å². The Bertz CT molecular complexity index is 1010. The van der Waals surface area contributed by atoms with Crippen LogP contribution in [-0.2, 0) is 12.1 Å². The van der Waals surface area contributed by atoms with Crippen molar-refractivity contribution < 1.29 is 24.5 Å². The van der Waals surface area contributed by atoms with Crippen LogP contribution >= 0.6 is 0 Å². The lowest BCUT2D eigenvalue weighted by Crippen LogP contribution is -2.40. The highest BCUT2D eigenvalue weighted by Gasteiger charge is 2.35. The second-order valence-electron chi connectivity index (χ2n) is 7.56. The Labute approximate surface area is 154 Å². The van der Waals surface area contributed by atoms with Gasteiger partial charge in [0.25, 0.3) is 0 Å². The molecule has 0 radical (unpaired) electrons. The van der Waals surface area contributed by atoms with E-state index < -0.39 is 34.6 Å². The quantitative estimate of drug-likeness (QED) is 0.732. The molecule has 0 amide bonds. The van der Waals surface area contributed by atoms with Crippen molar-refractivity contribution in [3.63, 3.8) is 0 Å². The number of benzene rings is 1. The highest BCUT2D eigenvalue weighted by Crippen LogP contribution is 2.40. The third-order valence-corrected chi connectivity index (χ3v) is 5.69. The SMILES string of the molecule is CC1(O)CCc2c(N3CCC(O)CC3)c(F)cc3c(=O)c(C(=O)O)cn1c23. The monoisotopic (exact) mass is 376 g/mol.